The van der Waals surface area contributed by atoms with Crippen molar-refractivity contribution in [3.63, 3.8) is 0 Å². The predicted molar refractivity (Wildman–Crippen MR) is 62.9 cm³/mol. The quantitative estimate of drug-likeness (QED) is 0.744. The van der Waals surface area contributed by atoms with Crippen LogP contribution in [0.1, 0.15) is 36.3 Å². The Hall–Kier alpha value is -0.940. The van der Waals surface area contributed by atoms with Crippen molar-refractivity contribution in [3.05, 3.63) is 16.1 Å². The molecule has 0 aliphatic heterocycles. The molecule has 0 aliphatic carbocycles. The smallest absolute Gasteiger partial charge is 0.367 e. The van der Waals surface area contributed by atoms with E-state index >= 15 is 0 Å². The number of ether oxygens (including phenoxy) is 2. The highest BCUT2D eigenvalue weighted by atomic mass is 32.1. The summed E-state index contributed by atoms with van der Waals surface area (Å²) in [6, 6.07) is 0. The van der Waals surface area contributed by atoms with Crippen LogP contribution in [0.3, 0.4) is 0 Å². The maximum absolute atomic E-state index is 11.4. The maximum Gasteiger partial charge on any atom is 0.367 e. The molecule has 0 spiro atoms. The van der Waals surface area contributed by atoms with Gasteiger partial charge in [-0.25, -0.2) is 9.78 Å². The zero-order valence-electron chi connectivity index (χ0n) is 10.1. The molecule has 1 heterocycles. The van der Waals surface area contributed by atoms with Crippen LogP contribution in [0.4, 0.5) is 0 Å². The Bertz CT molecular complexity index is 360. The van der Waals surface area contributed by atoms with E-state index in [0.29, 0.717) is 18.0 Å². The summed E-state index contributed by atoms with van der Waals surface area (Å²) in [5, 5.41) is 2.27. The van der Waals surface area contributed by atoms with Crippen LogP contribution in [-0.4, -0.2) is 30.3 Å². The Labute approximate surface area is 99.6 Å². The molecular weight excluding hydrogens is 226 g/mol. The molecule has 0 aliphatic rings. The van der Waals surface area contributed by atoms with Crippen molar-refractivity contribution in [2.75, 3.05) is 13.7 Å². The molecule has 0 N–H and O–H groups in total. The molecule has 5 heteroatoms. The first kappa shape index (κ1) is 13.1. The second-order valence-electron chi connectivity index (χ2n) is 4.01. The summed E-state index contributed by atoms with van der Waals surface area (Å²) in [5.41, 5.74) is 0.597. The summed E-state index contributed by atoms with van der Waals surface area (Å²) in [5.74, 6) is -0.353. The van der Waals surface area contributed by atoms with E-state index in [9.17, 15) is 4.79 Å². The molecular formula is C11H17NO3S. The topological polar surface area (TPSA) is 48.4 Å². The molecule has 1 aromatic heterocycles. The van der Waals surface area contributed by atoms with Gasteiger partial charge >= 0.3 is 5.97 Å². The van der Waals surface area contributed by atoms with E-state index in [1.165, 1.54) is 11.3 Å². The van der Waals surface area contributed by atoms with Gasteiger partial charge < -0.3 is 9.47 Å². The van der Waals surface area contributed by atoms with E-state index in [1.54, 1.807) is 14.0 Å². The number of hydrogen-bond donors (Lipinski definition) is 0. The minimum absolute atomic E-state index is 0.264. The van der Waals surface area contributed by atoms with E-state index in [0.717, 1.165) is 5.69 Å². The van der Waals surface area contributed by atoms with Crippen LogP contribution in [-0.2, 0) is 15.9 Å². The summed E-state index contributed by atoms with van der Waals surface area (Å²) in [6.45, 7) is 6.12. The van der Waals surface area contributed by atoms with E-state index in [-0.39, 0.29) is 11.6 Å². The lowest BCUT2D eigenvalue weighted by Crippen LogP contribution is -2.25. The number of nitrogens with zero attached hydrogens (tertiary/aromatic N) is 1. The monoisotopic (exact) mass is 243 g/mol. The number of aromatic nitrogens is 1. The molecule has 0 radical (unpaired) electrons. The van der Waals surface area contributed by atoms with Gasteiger partial charge in [-0.05, 0) is 20.8 Å². The molecule has 0 saturated heterocycles. The average Bonchev–Trinajstić information content (AvgIpc) is 2.66. The fraction of sp³-hybridized carbons (Fsp3) is 0.636. The van der Waals surface area contributed by atoms with Crippen molar-refractivity contribution in [2.45, 2.75) is 32.8 Å². The Balaban J connectivity index is 2.68. The van der Waals surface area contributed by atoms with Crippen molar-refractivity contribution in [3.8, 4) is 0 Å². The van der Waals surface area contributed by atoms with E-state index in [2.05, 4.69) is 4.98 Å². The molecule has 0 saturated carbocycles. The minimum Gasteiger partial charge on any atom is -0.461 e. The lowest BCUT2D eigenvalue weighted by Gasteiger charge is -2.21. The number of thiazole rings is 1. The van der Waals surface area contributed by atoms with E-state index < -0.39 is 0 Å². The van der Waals surface area contributed by atoms with Gasteiger partial charge in [-0.1, -0.05) is 0 Å². The number of carbonyl (C=O) groups is 1. The number of methoxy groups -OCH3 is 1. The lowest BCUT2D eigenvalue weighted by atomic mass is 10.0. The summed E-state index contributed by atoms with van der Waals surface area (Å²) in [4.78, 5) is 15.6. The van der Waals surface area contributed by atoms with Gasteiger partial charge in [0.05, 0.1) is 17.9 Å². The lowest BCUT2D eigenvalue weighted by molar-refractivity contribution is 0.0224. The first-order valence-corrected chi connectivity index (χ1v) is 6.03. The molecule has 0 aromatic carbocycles. The van der Waals surface area contributed by atoms with E-state index in [4.69, 9.17) is 9.47 Å². The highest BCUT2D eigenvalue weighted by Crippen LogP contribution is 2.18. The number of rotatable bonds is 5. The van der Waals surface area contributed by atoms with Crippen molar-refractivity contribution >= 4 is 17.3 Å². The third-order valence-corrected chi connectivity index (χ3v) is 3.03. The molecule has 4 nitrogen and oxygen atoms in total. The Kier molecular flexibility index (Phi) is 4.44. The predicted octanol–water partition coefficient (Wildman–Crippen LogP) is 2.29. The van der Waals surface area contributed by atoms with Gasteiger partial charge in [0.15, 0.2) is 0 Å². The van der Waals surface area contributed by atoms with Gasteiger partial charge in [0.1, 0.15) is 0 Å². The van der Waals surface area contributed by atoms with Crippen LogP contribution < -0.4 is 0 Å². The number of hydrogen-bond acceptors (Lipinski definition) is 5. The highest BCUT2D eigenvalue weighted by Gasteiger charge is 2.20. The molecule has 0 atom stereocenters. The van der Waals surface area contributed by atoms with Gasteiger partial charge in [-0.2, -0.15) is 0 Å². The highest BCUT2D eigenvalue weighted by molar-refractivity contribution is 7.11. The first-order valence-electron chi connectivity index (χ1n) is 5.15. The minimum atomic E-state index is -0.353. The zero-order valence-corrected chi connectivity index (χ0v) is 10.9. The SMILES string of the molecule is CCOC(=O)c1nc(CC(C)(C)OC)cs1. The third-order valence-electron chi connectivity index (χ3n) is 2.16. The normalized spacial score (nSPS) is 11.5. The first-order chi connectivity index (χ1) is 7.48. The Morgan fingerprint density at radius 2 is 2.25 bits per heavy atom. The third kappa shape index (κ3) is 3.57. The zero-order chi connectivity index (χ0) is 12.2. The molecule has 90 valence electrons. The van der Waals surface area contributed by atoms with Crippen LogP contribution in [0.5, 0.6) is 0 Å². The molecule has 0 bridgehead atoms. The fourth-order valence-electron chi connectivity index (χ4n) is 1.18. The molecule has 0 amide bonds. The second kappa shape index (κ2) is 5.41. The van der Waals surface area contributed by atoms with Crippen LogP contribution in [0.15, 0.2) is 5.38 Å². The molecule has 1 aromatic rings. The van der Waals surface area contributed by atoms with Gasteiger partial charge in [-0.15, -0.1) is 11.3 Å². The summed E-state index contributed by atoms with van der Waals surface area (Å²) < 4.78 is 10.2. The van der Waals surface area contributed by atoms with Crippen LogP contribution >= 0.6 is 11.3 Å². The maximum atomic E-state index is 11.4. The second-order valence-corrected chi connectivity index (χ2v) is 4.86. The largest absolute Gasteiger partial charge is 0.461 e. The summed E-state index contributed by atoms with van der Waals surface area (Å²) in [7, 11) is 1.67. The van der Waals surface area contributed by atoms with Gasteiger partial charge in [0.25, 0.3) is 0 Å². The van der Waals surface area contributed by atoms with Gasteiger partial charge in [0.2, 0.25) is 5.01 Å². The molecule has 1 rings (SSSR count). The van der Waals surface area contributed by atoms with Crippen molar-refractivity contribution in [1.29, 1.82) is 0 Å². The van der Waals surface area contributed by atoms with Gasteiger partial charge in [0, 0.05) is 18.9 Å². The molecule has 16 heavy (non-hydrogen) atoms. The van der Waals surface area contributed by atoms with Crippen LogP contribution in [0, 0.1) is 0 Å². The standard InChI is InChI=1S/C11H17NO3S/c1-5-15-10(13)9-12-8(7-16-9)6-11(2,3)14-4/h7H,5-6H2,1-4H3. The number of esters is 1. The summed E-state index contributed by atoms with van der Waals surface area (Å²) >= 11 is 1.31. The van der Waals surface area contributed by atoms with E-state index in [1.807, 2.05) is 19.2 Å². The Morgan fingerprint density at radius 1 is 1.56 bits per heavy atom. The van der Waals surface area contributed by atoms with Crippen LogP contribution in [0.2, 0.25) is 0 Å². The molecule has 0 unspecified atom stereocenters. The fourth-order valence-corrected chi connectivity index (χ4v) is 1.89. The van der Waals surface area contributed by atoms with Crippen molar-refractivity contribution < 1.29 is 14.3 Å². The summed E-state index contributed by atoms with van der Waals surface area (Å²) in [6.07, 6.45) is 0.680. The average molecular weight is 243 g/mol. The Morgan fingerprint density at radius 3 is 2.81 bits per heavy atom. The van der Waals surface area contributed by atoms with Crippen molar-refractivity contribution in [2.24, 2.45) is 0 Å². The molecule has 0 fully saturated rings. The van der Waals surface area contributed by atoms with Crippen molar-refractivity contribution in [1.82, 2.24) is 4.98 Å². The van der Waals surface area contributed by atoms with Crippen LogP contribution in [0.25, 0.3) is 0 Å². The van der Waals surface area contributed by atoms with Gasteiger partial charge in [-0.3, -0.25) is 0 Å². The number of carbonyl (C=O) groups excluding carboxylic acids is 1.